The van der Waals surface area contributed by atoms with Crippen LogP contribution >= 0.6 is 0 Å². The summed E-state index contributed by atoms with van der Waals surface area (Å²) in [5.74, 6) is -0.926. The summed E-state index contributed by atoms with van der Waals surface area (Å²) in [6, 6.07) is 8.20. The van der Waals surface area contributed by atoms with Gasteiger partial charge in [-0.2, -0.15) is 13.1 Å². The van der Waals surface area contributed by atoms with Crippen molar-refractivity contribution in [1.82, 2.24) is 9.21 Å². The van der Waals surface area contributed by atoms with Crippen LogP contribution in [0.4, 0.5) is 8.78 Å². The second-order valence-electron chi connectivity index (χ2n) is 6.91. The molecular weight excluding hydrogens is 434 g/mol. The fraction of sp³-hybridized carbons (Fsp3) is 0.350. The maximum Gasteiger partial charge on any atom is 0.387 e. The molecule has 1 aliphatic rings. The number of sulfonamides is 1. The smallest absolute Gasteiger partial charge is 0.387 e. The van der Waals surface area contributed by atoms with E-state index in [2.05, 4.69) is 4.74 Å². The van der Waals surface area contributed by atoms with Crippen molar-refractivity contribution in [2.75, 3.05) is 33.3 Å². The standard InChI is InChI=1S/C20H22F2N2O6S/c1-13-3-5-15(25)18(11-13)31(27,28)24-9-7-23(8-10-24)19(26)14-4-6-16(30-20(21)22)17(12-14)29-2/h3-6,11-12,20,25H,7-10H2,1-2H3. The van der Waals surface area contributed by atoms with Crippen LogP contribution in [0.25, 0.3) is 0 Å². The molecule has 0 atom stereocenters. The van der Waals surface area contributed by atoms with E-state index in [0.717, 1.165) is 0 Å². The molecule has 168 valence electrons. The zero-order chi connectivity index (χ0) is 22.8. The van der Waals surface area contributed by atoms with Gasteiger partial charge in [0.25, 0.3) is 5.91 Å². The molecule has 0 spiro atoms. The van der Waals surface area contributed by atoms with E-state index in [0.29, 0.717) is 5.56 Å². The Balaban J connectivity index is 1.72. The van der Waals surface area contributed by atoms with E-state index in [1.54, 1.807) is 13.0 Å². The maximum absolute atomic E-state index is 12.9. The molecule has 0 radical (unpaired) electrons. The largest absolute Gasteiger partial charge is 0.507 e. The summed E-state index contributed by atoms with van der Waals surface area (Å²) in [4.78, 5) is 14.1. The van der Waals surface area contributed by atoms with Gasteiger partial charge in [-0.15, -0.1) is 0 Å². The third-order valence-electron chi connectivity index (χ3n) is 4.89. The second kappa shape index (κ2) is 9.06. The lowest BCUT2D eigenvalue weighted by Crippen LogP contribution is -2.50. The molecule has 1 fully saturated rings. The van der Waals surface area contributed by atoms with Crippen molar-refractivity contribution < 1.29 is 36.6 Å². The van der Waals surface area contributed by atoms with Gasteiger partial charge in [-0.25, -0.2) is 8.42 Å². The minimum absolute atomic E-state index is 0.0118. The topological polar surface area (TPSA) is 96.4 Å². The number of halogens is 2. The van der Waals surface area contributed by atoms with Gasteiger partial charge in [0, 0.05) is 31.7 Å². The molecule has 3 rings (SSSR count). The minimum Gasteiger partial charge on any atom is -0.507 e. The van der Waals surface area contributed by atoms with Crippen molar-refractivity contribution in [3.05, 3.63) is 47.5 Å². The van der Waals surface area contributed by atoms with Gasteiger partial charge in [-0.3, -0.25) is 4.79 Å². The van der Waals surface area contributed by atoms with Crippen molar-refractivity contribution in [3.8, 4) is 17.2 Å². The quantitative estimate of drug-likeness (QED) is 0.718. The van der Waals surface area contributed by atoms with Crippen molar-refractivity contribution >= 4 is 15.9 Å². The number of phenolic OH excluding ortho intramolecular Hbond substituents is 1. The first-order valence-electron chi connectivity index (χ1n) is 9.35. The summed E-state index contributed by atoms with van der Waals surface area (Å²) in [7, 11) is -2.65. The first-order chi connectivity index (χ1) is 14.6. The number of alkyl halides is 2. The molecule has 1 amide bonds. The van der Waals surface area contributed by atoms with Crippen LogP contribution in [0.1, 0.15) is 15.9 Å². The minimum atomic E-state index is -3.92. The molecule has 11 heteroatoms. The number of hydrogen-bond acceptors (Lipinski definition) is 6. The van der Waals surface area contributed by atoms with Crippen LogP contribution < -0.4 is 9.47 Å². The number of ether oxygens (including phenoxy) is 2. The molecule has 0 unspecified atom stereocenters. The Labute approximate surface area is 178 Å². The fourth-order valence-corrected chi connectivity index (χ4v) is 4.86. The summed E-state index contributed by atoms with van der Waals surface area (Å²) in [6.45, 7) is -0.958. The number of nitrogens with zero attached hydrogens (tertiary/aromatic N) is 2. The molecular formula is C20H22F2N2O6S. The lowest BCUT2D eigenvalue weighted by atomic mass is 10.1. The number of carbonyl (C=O) groups excluding carboxylic acids is 1. The number of carbonyl (C=O) groups is 1. The first-order valence-corrected chi connectivity index (χ1v) is 10.8. The Hall–Kier alpha value is -2.92. The number of piperazine rings is 1. The van der Waals surface area contributed by atoms with E-state index < -0.39 is 22.5 Å². The third kappa shape index (κ3) is 4.88. The van der Waals surface area contributed by atoms with Crippen molar-refractivity contribution in [3.63, 3.8) is 0 Å². The molecule has 0 saturated carbocycles. The number of benzene rings is 2. The first kappa shape index (κ1) is 22.8. The normalized spacial score (nSPS) is 15.2. The van der Waals surface area contributed by atoms with E-state index in [-0.39, 0.29) is 53.9 Å². The molecule has 2 aromatic rings. The molecule has 0 bridgehead atoms. The van der Waals surface area contributed by atoms with Crippen LogP contribution in [0.2, 0.25) is 0 Å². The average Bonchev–Trinajstić information content (AvgIpc) is 2.74. The Bertz CT molecular complexity index is 1070. The van der Waals surface area contributed by atoms with Crippen molar-refractivity contribution in [2.45, 2.75) is 18.4 Å². The number of aromatic hydroxyl groups is 1. The Morgan fingerprint density at radius 2 is 1.74 bits per heavy atom. The van der Waals surface area contributed by atoms with Gasteiger partial charge < -0.3 is 19.5 Å². The third-order valence-corrected chi connectivity index (χ3v) is 6.81. The molecule has 8 nitrogen and oxygen atoms in total. The summed E-state index contributed by atoms with van der Waals surface area (Å²) in [6.07, 6.45) is 0. The Morgan fingerprint density at radius 3 is 2.35 bits per heavy atom. The van der Waals surface area contributed by atoms with E-state index in [4.69, 9.17) is 4.74 Å². The van der Waals surface area contributed by atoms with Crippen LogP contribution in [0.15, 0.2) is 41.3 Å². The highest BCUT2D eigenvalue weighted by Gasteiger charge is 2.32. The molecule has 1 saturated heterocycles. The highest BCUT2D eigenvalue weighted by molar-refractivity contribution is 7.89. The maximum atomic E-state index is 12.9. The van der Waals surface area contributed by atoms with Crippen LogP contribution in [0.3, 0.4) is 0 Å². The average molecular weight is 456 g/mol. The number of rotatable bonds is 6. The molecule has 2 aromatic carbocycles. The highest BCUT2D eigenvalue weighted by atomic mass is 32.2. The van der Waals surface area contributed by atoms with Crippen LogP contribution in [-0.4, -0.2) is 68.5 Å². The number of phenols is 1. The van der Waals surface area contributed by atoms with Crippen LogP contribution in [-0.2, 0) is 10.0 Å². The van der Waals surface area contributed by atoms with Crippen LogP contribution in [0, 0.1) is 6.92 Å². The monoisotopic (exact) mass is 456 g/mol. The SMILES string of the molecule is COc1cc(C(=O)N2CCN(S(=O)(=O)c3cc(C)ccc3O)CC2)ccc1OC(F)F. The Morgan fingerprint density at radius 1 is 1.06 bits per heavy atom. The number of hydrogen-bond donors (Lipinski definition) is 1. The summed E-state index contributed by atoms with van der Waals surface area (Å²) in [5, 5.41) is 9.98. The van der Waals surface area contributed by atoms with E-state index in [1.165, 1.54) is 46.6 Å². The number of amides is 1. The van der Waals surface area contributed by atoms with Gasteiger partial charge in [0.1, 0.15) is 10.6 Å². The summed E-state index contributed by atoms with van der Waals surface area (Å²) < 4.78 is 61.3. The fourth-order valence-electron chi connectivity index (χ4n) is 3.28. The van der Waals surface area contributed by atoms with Gasteiger partial charge in [-0.05, 0) is 42.8 Å². The molecule has 31 heavy (non-hydrogen) atoms. The van der Waals surface area contributed by atoms with E-state index in [1.807, 2.05) is 0 Å². The van der Waals surface area contributed by atoms with Crippen molar-refractivity contribution in [1.29, 1.82) is 0 Å². The zero-order valence-corrected chi connectivity index (χ0v) is 17.7. The van der Waals surface area contributed by atoms with Gasteiger partial charge in [0.05, 0.1) is 7.11 Å². The molecule has 1 aliphatic heterocycles. The summed E-state index contributed by atoms with van der Waals surface area (Å²) in [5.41, 5.74) is 0.893. The summed E-state index contributed by atoms with van der Waals surface area (Å²) >= 11 is 0. The number of methoxy groups -OCH3 is 1. The molecule has 0 aromatic heterocycles. The second-order valence-corrected chi connectivity index (χ2v) is 8.82. The van der Waals surface area contributed by atoms with Gasteiger partial charge in [0.2, 0.25) is 10.0 Å². The lowest BCUT2D eigenvalue weighted by molar-refractivity contribution is -0.0512. The lowest BCUT2D eigenvalue weighted by Gasteiger charge is -2.34. The van der Waals surface area contributed by atoms with Gasteiger partial charge in [0.15, 0.2) is 11.5 Å². The zero-order valence-electron chi connectivity index (χ0n) is 16.9. The predicted molar refractivity (Wildman–Crippen MR) is 107 cm³/mol. The molecule has 0 aliphatic carbocycles. The number of aryl methyl sites for hydroxylation is 1. The molecule has 1 heterocycles. The van der Waals surface area contributed by atoms with Gasteiger partial charge >= 0.3 is 6.61 Å². The van der Waals surface area contributed by atoms with E-state index >= 15 is 0 Å². The van der Waals surface area contributed by atoms with Crippen LogP contribution in [0.5, 0.6) is 17.2 Å². The van der Waals surface area contributed by atoms with Gasteiger partial charge in [-0.1, -0.05) is 6.07 Å². The Kier molecular flexibility index (Phi) is 6.65. The van der Waals surface area contributed by atoms with E-state index in [9.17, 15) is 27.1 Å². The predicted octanol–water partition coefficient (Wildman–Crippen LogP) is 2.46. The highest BCUT2D eigenvalue weighted by Crippen LogP contribution is 2.31. The van der Waals surface area contributed by atoms with Crippen molar-refractivity contribution in [2.24, 2.45) is 0 Å². The molecule has 1 N–H and O–H groups in total.